The zero-order valence-corrected chi connectivity index (χ0v) is 15.2. The molecule has 5 nitrogen and oxygen atoms in total. The van der Waals surface area contributed by atoms with Gasteiger partial charge in [-0.3, -0.25) is 9.69 Å². The highest BCUT2D eigenvalue weighted by atomic mass is 19.1. The second-order valence-corrected chi connectivity index (χ2v) is 6.76. The van der Waals surface area contributed by atoms with Gasteiger partial charge in [0.15, 0.2) is 0 Å². The van der Waals surface area contributed by atoms with E-state index in [0.717, 1.165) is 37.8 Å². The van der Waals surface area contributed by atoms with Gasteiger partial charge >= 0.3 is 0 Å². The molecular formula is C21H21FN4O. The Labute approximate surface area is 156 Å². The lowest BCUT2D eigenvalue weighted by Gasteiger charge is -2.26. The number of aromatic nitrogens is 2. The molecule has 0 aliphatic carbocycles. The minimum absolute atomic E-state index is 0.0902. The average Bonchev–Trinajstić information content (AvgIpc) is 3.11. The van der Waals surface area contributed by atoms with E-state index in [1.165, 1.54) is 17.2 Å². The highest BCUT2D eigenvalue weighted by Crippen LogP contribution is 2.24. The van der Waals surface area contributed by atoms with Crippen LogP contribution in [-0.4, -0.2) is 40.2 Å². The van der Waals surface area contributed by atoms with Crippen LogP contribution < -0.4 is 5.73 Å². The summed E-state index contributed by atoms with van der Waals surface area (Å²) in [4.78, 5) is 14.0. The van der Waals surface area contributed by atoms with E-state index in [4.69, 9.17) is 5.73 Å². The smallest absolute Gasteiger partial charge is 0.251 e. The van der Waals surface area contributed by atoms with Crippen LogP contribution in [-0.2, 0) is 0 Å². The fraction of sp³-hybridized carbons (Fsp3) is 0.238. The summed E-state index contributed by atoms with van der Waals surface area (Å²) in [5.41, 5.74) is 9.22. The fourth-order valence-corrected chi connectivity index (χ4v) is 3.53. The predicted octanol–water partition coefficient (Wildman–Crippen LogP) is 3.37. The molecule has 0 fully saturated rings. The quantitative estimate of drug-likeness (QED) is 0.772. The van der Waals surface area contributed by atoms with Crippen LogP contribution in [0.1, 0.15) is 29.3 Å². The van der Waals surface area contributed by atoms with Crippen molar-refractivity contribution in [3.05, 3.63) is 65.6 Å². The molecule has 0 spiro atoms. The molecule has 1 amide bonds. The van der Waals surface area contributed by atoms with E-state index >= 15 is 0 Å². The van der Waals surface area contributed by atoms with Crippen molar-refractivity contribution in [2.75, 3.05) is 19.6 Å². The van der Waals surface area contributed by atoms with Gasteiger partial charge < -0.3 is 5.73 Å². The lowest BCUT2D eigenvalue weighted by atomic mass is 10.0. The number of nitrogens with two attached hydrogens (primary N) is 1. The first-order valence-corrected chi connectivity index (χ1v) is 9.06. The number of rotatable bonds is 4. The number of carbonyl (C=O) groups is 1. The second-order valence-electron chi connectivity index (χ2n) is 6.76. The number of fused-ring (bicyclic) bond motifs is 1. The molecule has 0 saturated heterocycles. The zero-order chi connectivity index (χ0) is 19.0. The van der Waals surface area contributed by atoms with E-state index in [-0.39, 0.29) is 5.56 Å². The summed E-state index contributed by atoms with van der Waals surface area (Å²) in [6.45, 7) is 5.30. The third kappa shape index (κ3) is 3.36. The zero-order valence-electron chi connectivity index (χ0n) is 15.2. The van der Waals surface area contributed by atoms with Crippen LogP contribution in [0.4, 0.5) is 4.39 Å². The van der Waals surface area contributed by atoms with E-state index in [1.54, 1.807) is 10.9 Å². The molecular weight excluding hydrogens is 343 g/mol. The molecule has 2 N–H and O–H groups in total. The van der Waals surface area contributed by atoms with Gasteiger partial charge in [-0.05, 0) is 48.4 Å². The van der Waals surface area contributed by atoms with Gasteiger partial charge in [-0.1, -0.05) is 25.1 Å². The third-order valence-corrected chi connectivity index (χ3v) is 5.02. The summed E-state index contributed by atoms with van der Waals surface area (Å²) < 4.78 is 15.4. The second kappa shape index (κ2) is 6.96. The van der Waals surface area contributed by atoms with E-state index < -0.39 is 11.7 Å². The van der Waals surface area contributed by atoms with Gasteiger partial charge in [-0.25, -0.2) is 9.07 Å². The molecule has 0 unspecified atom stereocenters. The molecule has 6 heteroatoms. The van der Waals surface area contributed by atoms with Gasteiger partial charge in [0.1, 0.15) is 11.3 Å². The molecule has 2 aromatic carbocycles. The SMILES string of the molecule is CCN1CCC=C(c2ccc(-n3cc4cc(F)cc(C(N)=O)c4n3)cc2)C1. The van der Waals surface area contributed by atoms with Crippen LogP contribution >= 0.6 is 0 Å². The third-order valence-electron chi connectivity index (χ3n) is 5.02. The Morgan fingerprint density at radius 3 is 2.74 bits per heavy atom. The van der Waals surface area contributed by atoms with Gasteiger partial charge in [-0.15, -0.1) is 0 Å². The molecule has 3 aromatic rings. The maximum Gasteiger partial charge on any atom is 0.251 e. The standard InChI is InChI=1S/C21H21FN4O/c1-2-25-9-3-4-15(12-25)14-5-7-18(8-6-14)26-13-16-10-17(22)11-19(21(23)27)20(16)24-26/h4-8,10-11,13H,2-3,9,12H2,1H3,(H2,23,27). The monoisotopic (exact) mass is 364 g/mol. The van der Waals surface area contributed by atoms with Gasteiger partial charge in [0, 0.05) is 24.7 Å². The number of likely N-dealkylation sites (N-methyl/N-ethyl adjacent to an activating group) is 1. The molecule has 2 heterocycles. The first-order chi connectivity index (χ1) is 13.0. The van der Waals surface area contributed by atoms with Crippen molar-refractivity contribution in [1.82, 2.24) is 14.7 Å². The van der Waals surface area contributed by atoms with Crippen molar-refractivity contribution in [3.63, 3.8) is 0 Å². The molecule has 0 bridgehead atoms. The topological polar surface area (TPSA) is 64.2 Å². The van der Waals surface area contributed by atoms with E-state index in [1.807, 2.05) is 12.1 Å². The summed E-state index contributed by atoms with van der Waals surface area (Å²) in [5.74, 6) is -1.19. The van der Waals surface area contributed by atoms with Crippen molar-refractivity contribution in [3.8, 4) is 5.69 Å². The van der Waals surface area contributed by atoms with Gasteiger partial charge in [0.05, 0.1) is 11.3 Å². The largest absolute Gasteiger partial charge is 0.366 e. The minimum Gasteiger partial charge on any atom is -0.366 e. The fourth-order valence-electron chi connectivity index (χ4n) is 3.53. The minimum atomic E-state index is -0.690. The van der Waals surface area contributed by atoms with Gasteiger partial charge in [0.25, 0.3) is 5.91 Å². The number of amides is 1. The lowest BCUT2D eigenvalue weighted by Crippen LogP contribution is -2.29. The first kappa shape index (κ1) is 17.4. The maximum atomic E-state index is 13.7. The van der Waals surface area contributed by atoms with Crippen LogP contribution in [0.5, 0.6) is 0 Å². The Kier molecular flexibility index (Phi) is 4.49. The summed E-state index contributed by atoms with van der Waals surface area (Å²) in [5, 5.41) is 4.98. The number of primary amides is 1. The first-order valence-electron chi connectivity index (χ1n) is 9.06. The Bertz CT molecular complexity index is 1040. The summed E-state index contributed by atoms with van der Waals surface area (Å²) >= 11 is 0. The number of hydrogen-bond acceptors (Lipinski definition) is 3. The molecule has 4 rings (SSSR count). The highest BCUT2D eigenvalue weighted by molar-refractivity contribution is 6.04. The van der Waals surface area contributed by atoms with Crippen LogP contribution in [0, 0.1) is 5.82 Å². The van der Waals surface area contributed by atoms with E-state index in [2.05, 4.69) is 35.1 Å². The van der Waals surface area contributed by atoms with Crippen molar-refractivity contribution >= 4 is 22.4 Å². The van der Waals surface area contributed by atoms with Gasteiger partial charge in [-0.2, -0.15) is 5.10 Å². The summed E-state index contributed by atoms with van der Waals surface area (Å²) in [6, 6.07) is 10.6. The number of hydrogen-bond donors (Lipinski definition) is 1. The molecule has 27 heavy (non-hydrogen) atoms. The molecule has 0 atom stereocenters. The highest BCUT2D eigenvalue weighted by Gasteiger charge is 2.15. The van der Waals surface area contributed by atoms with E-state index in [9.17, 15) is 9.18 Å². The number of carbonyl (C=O) groups excluding carboxylic acids is 1. The molecule has 1 aliphatic heterocycles. The summed E-state index contributed by atoms with van der Waals surface area (Å²) in [7, 11) is 0. The normalized spacial score (nSPS) is 15.1. The number of benzene rings is 2. The summed E-state index contributed by atoms with van der Waals surface area (Å²) in [6.07, 6.45) is 5.07. The van der Waals surface area contributed by atoms with Crippen molar-refractivity contribution in [2.24, 2.45) is 5.73 Å². The Hall–Kier alpha value is -2.99. The van der Waals surface area contributed by atoms with Crippen LogP contribution in [0.15, 0.2) is 48.7 Å². The molecule has 0 saturated carbocycles. The van der Waals surface area contributed by atoms with Crippen LogP contribution in [0.2, 0.25) is 0 Å². The van der Waals surface area contributed by atoms with Crippen molar-refractivity contribution < 1.29 is 9.18 Å². The predicted molar refractivity (Wildman–Crippen MR) is 104 cm³/mol. The maximum absolute atomic E-state index is 13.7. The average molecular weight is 364 g/mol. The van der Waals surface area contributed by atoms with Crippen molar-refractivity contribution in [1.29, 1.82) is 0 Å². The van der Waals surface area contributed by atoms with Gasteiger partial charge in [0.2, 0.25) is 0 Å². The van der Waals surface area contributed by atoms with Crippen LogP contribution in [0.3, 0.4) is 0 Å². The molecule has 1 aromatic heterocycles. The molecule has 138 valence electrons. The number of nitrogens with zero attached hydrogens (tertiary/aromatic N) is 3. The lowest BCUT2D eigenvalue weighted by molar-refractivity contribution is 0.100. The van der Waals surface area contributed by atoms with Crippen molar-refractivity contribution in [2.45, 2.75) is 13.3 Å². The van der Waals surface area contributed by atoms with Crippen LogP contribution in [0.25, 0.3) is 22.2 Å². The molecule has 0 radical (unpaired) electrons. The Morgan fingerprint density at radius 2 is 2.04 bits per heavy atom. The molecule has 1 aliphatic rings. The Balaban J connectivity index is 1.67. The Morgan fingerprint density at radius 1 is 1.26 bits per heavy atom. The van der Waals surface area contributed by atoms with E-state index in [0.29, 0.717) is 10.9 Å². The number of halogens is 1.